The predicted octanol–water partition coefficient (Wildman–Crippen LogP) is -1.55. The highest BCUT2D eigenvalue weighted by Gasteiger charge is 2.35. The lowest BCUT2D eigenvalue weighted by Crippen LogP contribution is -2.64. The van der Waals surface area contributed by atoms with Crippen molar-refractivity contribution < 1.29 is 24.6 Å². The Kier molecular flexibility index (Phi) is 2.98. The highest BCUT2D eigenvalue weighted by atomic mass is 16.4. The number of carbonyl (C=O) groups is 1. The van der Waals surface area contributed by atoms with Gasteiger partial charge in [0.1, 0.15) is 0 Å². The molecule has 5 heteroatoms. The van der Waals surface area contributed by atoms with Gasteiger partial charge in [0.25, 0.3) is 6.09 Å². The van der Waals surface area contributed by atoms with E-state index >= 15 is 0 Å². The van der Waals surface area contributed by atoms with Gasteiger partial charge in [-0.05, 0) is 0 Å². The summed E-state index contributed by atoms with van der Waals surface area (Å²) in [5.41, 5.74) is 0. The van der Waals surface area contributed by atoms with Gasteiger partial charge in [0.15, 0.2) is 12.5 Å². The van der Waals surface area contributed by atoms with E-state index in [9.17, 15) is 9.90 Å². The Balaban J connectivity index is 4.67. The molecule has 2 atom stereocenters. The molecule has 0 aromatic carbocycles. The fraction of sp³-hybridized carbons (Fsp3) is 0.833. The lowest BCUT2D eigenvalue weighted by Gasteiger charge is -2.38. The molecule has 5 nitrogen and oxygen atoms in total. The number of carbonyl (C=O) groups excluding carboxylic acids is 1. The average molecular weight is 163 g/mol. The molecule has 66 valence electrons. The van der Waals surface area contributed by atoms with Crippen molar-refractivity contribution in [3.05, 3.63) is 0 Å². The molecule has 0 heterocycles. The topological polar surface area (TPSA) is 80.6 Å². The van der Waals surface area contributed by atoms with E-state index < -0.39 is 23.0 Å². The molecule has 0 saturated heterocycles. The molecule has 0 radical (unpaired) electrons. The Hall–Kier alpha value is -0.650. The van der Waals surface area contributed by atoms with Crippen LogP contribution in [0.1, 0.15) is 13.8 Å². The minimum Gasteiger partial charge on any atom is -0.498 e. The molecule has 0 aliphatic carbocycles. The summed E-state index contributed by atoms with van der Waals surface area (Å²) in [5.74, 6) is 0. The largest absolute Gasteiger partial charge is 0.498 e. The van der Waals surface area contributed by atoms with Crippen LogP contribution in [0, 0.1) is 0 Å². The number of rotatable bonds is 2. The van der Waals surface area contributed by atoms with E-state index in [1.54, 1.807) is 0 Å². The van der Waals surface area contributed by atoms with Gasteiger partial charge in [0.05, 0.1) is 7.05 Å². The number of carboxylic acid groups (broad SMARTS) is 1. The second-order valence-corrected chi connectivity index (χ2v) is 2.68. The van der Waals surface area contributed by atoms with Gasteiger partial charge in [-0.15, -0.1) is 0 Å². The summed E-state index contributed by atoms with van der Waals surface area (Å²) in [6.45, 7) is 2.56. The van der Waals surface area contributed by atoms with Crippen LogP contribution in [-0.2, 0) is 0 Å². The Morgan fingerprint density at radius 1 is 1.36 bits per heavy atom. The van der Waals surface area contributed by atoms with Crippen LogP contribution < -0.4 is 5.11 Å². The minimum absolute atomic E-state index is 0.917. The second-order valence-electron chi connectivity index (χ2n) is 2.68. The quantitative estimate of drug-likeness (QED) is 0.381. The monoisotopic (exact) mass is 163 g/mol. The summed E-state index contributed by atoms with van der Waals surface area (Å²) in [6, 6.07) is 0. The first-order valence-corrected chi connectivity index (χ1v) is 3.27. The Morgan fingerprint density at radius 2 is 1.64 bits per heavy atom. The third kappa shape index (κ3) is 1.68. The van der Waals surface area contributed by atoms with Gasteiger partial charge in [-0.3, -0.25) is 0 Å². The van der Waals surface area contributed by atoms with Crippen LogP contribution in [-0.4, -0.2) is 40.3 Å². The second kappa shape index (κ2) is 3.17. The Bertz CT molecular complexity index is 147. The first kappa shape index (κ1) is 10.3. The van der Waals surface area contributed by atoms with E-state index in [4.69, 9.17) is 10.2 Å². The van der Waals surface area contributed by atoms with Crippen molar-refractivity contribution in [2.45, 2.75) is 26.3 Å². The summed E-state index contributed by atoms with van der Waals surface area (Å²) in [6.07, 6.45) is -3.89. The molecule has 0 aromatic heterocycles. The highest BCUT2D eigenvalue weighted by molar-refractivity contribution is 5.53. The van der Waals surface area contributed by atoms with E-state index in [1.165, 1.54) is 20.9 Å². The summed E-state index contributed by atoms with van der Waals surface area (Å²) >= 11 is 0. The molecule has 0 aliphatic heterocycles. The maximum Gasteiger partial charge on any atom is 0.261 e. The van der Waals surface area contributed by atoms with E-state index in [0.29, 0.717) is 0 Å². The molecule has 0 saturated carbocycles. The lowest BCUT2D eigenvalue weighted by atomic mass is 10.4. The average Bonchev–Trinajstić information content (AvgIpc) is 1.84. The van der Waals surface area contributed by atoms with Crippen LogP contribution in [0.15, 0.2) is 0 Å². The van der Waals surface area contributed by atoms with Crippen molar-refractivity contribution in [3.8, 4) is 0 Å². The molecular weight excluding hydrogens is 150 g/mol. The number of quaternary nitrogens is 1. The number of aliphatic hydroxyl groups is 2. The van der Waals surface area contributed by atoms with E-state index in [1.807, 2.05) is 0 Å². The third-order valence-electron chi connectivity index (χ3n) is 1.95. The normalized spacial score (nSPS) is 21.9. The molecular formula is C6H13NO4. The molecule has 11 heavy (non-hydrogen) atoms. The zero-order valence-electron chi connectivity index (χ0n) is 6.81. The van der Waals surface area contributed by atoms with Crippen molar-refractivity contribution >= 4 is 6.09 Å². The van der Waals surface area contributed by atoms with Crippen LogP contribution in [0.5, 0.6) is 0 Å². The van der Waals surface area contributed by atoms with Gasteiger partial charge in [-0.25, -0.2) is 4.48 Å². The predicted molar refractivity (Wildman–Crippen MR) is 34.9 cm³/mol. The Morgan fingerprint density at radius 3 is 1.64 bits per heavy atom. The molecule has 0 spiro atoms. The number of amides is 1. The van der Waals surface area contributed by atoms with Crippen LogP contribution >= 0.6 is 0 Å². The Labute approximate surface area is 65.1 Å². The fourth-order valence-electron chi connectivity index (χ4n) is 0.617. The minimum atomic E-state index is -1.50. The number of aliphatic hydroxyl groups excluding tert-OH is 2. The molecule has 0 bridgehead atoms. The van der Waals surface area contributed by atoms with Crippen molar-refractivity contribution in [2.24, 2.45) is 0 Å². The lowest BCUT2D eigenvalue weighted by molar-refractivity contribution is -0.941. The number of hydrogen-bond donors (Lipinski definition) is 2. The first-order chi connectivity index (χ1) is 4.83. The van der Waals surface area contributed by atoms with Crippen molar-refractivity contribution in [1.29, 1.82) is 0 Å². The number of nitrogens with zero attached hydrogens (tertiary/aromatic N) is 1. The summed E-state index contributed by atoms with van der Waals surface area (Å²) in [5, 5.41) is 28.5. The molecule has 0 aliphatic rings. The summed E-state index contributed by atoms with van der Waals surface area (Å²) in [7, 11) is 1.19. The van der Waals surface area contributed by atoms with Gasteiger partial charge in [-0.1, -0.05) is 0 Å². The van der Waals surface area contributed by atoms with E-state index in [2.05, 4.69) is 0 Å². The smallest absolute Gasteiger partial charge is 0.261 e. The van der Waals surface area contributed by atoms with Crippen LogP contribution in [0.2, 0.25) is 0 Å². The van der Waals surface area contributed by atoms with Crippen LogP contribution in [0.3, 0.4) is 0 Å². The summed E-state index contributed by atoms with van der Waals surface area (Å²) in [4.78, 5) is 10.4. The van der Waals surface area contributed by atoms with Gasteiger partial charge in [-0.2, -0.15) is 0 Å². The van der Waals surface area contributed by atoms with Crippen molar-refractivity contribution in [1.82, 2.24) is 0 Å². The van der Waals surface area contributed by atoms with Crippen molar-refractivity contribution in [2.75, 3.05) is 7.05 Å². The highest BCUT2D eigenvalue weighted by Crippen LogP contribution is 2.11. The summed E-state index contributed by atoms with van der Waals surface area (Å²) < 4.78 is -0.917. The van der Waals surface area contributed by atoms with Crippen molar-refractivity contribution in [3.63, 3.8) is 0 Å². The fourth-order valence-corrected chi connectivity index (χ4v) is 0.617. The van der Waals surface area contributed by atoms with Crippen LogP contribution in [0.25, 0.3) is 0 Å². The van der Waals surface area contributed by atoms with Gasteiger partial charge in [0.2, 0.25) is 0 Å². The maximum absolute atomic E-state index is 10.4. The molecule has 0 rings (SSSR count). The van der Waals surface area contributed by atoms with Gasteiger partial charge >= 0.3 is 0 Å². The standard InChI is InChI=1S/C6H13NO4/c1-4(8)7(3,5(2)9)6(10)11/h4-5,8-9H,1-3H3. The maximum atomic E-state index is 10.4. The van der Waals surface area contributed by atoms with Gasteiger partial charge in [0, 0.05) is 13.8 Å². The zero-order valence-corrected chi connectivity index (χ0v) is 6.81. The van der Waals surface area contributed by atoms with E-state index in [-0.39, 0.29) is 0 Å². The molecule has 2 N–H and O–H groups in total. The third-order valence-corrected chi connectivity index (χ3v) is 1.95. The molecule has 0 aromatic rings. The molecule has 1 amide bonds. The van der Waals surface area contributed by atoms with Crippen LogP contribution in [0.4, 0.5) is 4.79 Å². The van der Waals surface area contributed by atoms with E-state index in [0.717, 1.165) is 0 Å². The molecule has 0 fully saturated rings. The zero-order chi connectivity index (χ0) is 9.23. The molecule has 2 unspecified atom stereocenters. The SMILES string of the molecule is CC(O)[N+](C)(C(=O)[O-])C(C)O. The van der Waals surface area contributed by atoms with Gasteiger partial charge < -0.3 is 20.1 Å². The first-order valence-electron chi connectivity index (χ1n) is 3.27. The number of hydrogen-bond acceptors (Lipinski definition) is 4.